The molecule has 0 aliphatic carbocycles. The van der Waals surface area contributed by atoms with E-state index in [9.17, 15) is 9.59 Å². The van der Waals surface area contributed by atoms with Crippen molar-refractivity contribution in [3.63, 3.8) is 0 Å². The van der Waals surface area contributed by atoms with Crippen LogP contribution >= 0.6 is 23.2 Å². The van der Waals surface area contributed by atoms with Gasteiger partial charge in [-0.25, -0.2) is 0 Å². The van der Waals surface area contributed by atoms with Crippen LogP contribution in [0, 0.1) is 0 Å². The Morgan fingerprint density at radius 3 is 2.35 bits per heavy atom. The molecule has 2 aromatic rings. The smallest absolute Gasteiger partial charge is 0.276 e. The summed E-state index contributed by atoms with van der Waals surface area (Å²) in [4.78, 5) is 23.5. The van der Waals surface area contributed by atoms with Crippen LogP contribution in [0.15, 0.2) is 48.5 Å². The highest BCUT2D eigenvalue weighted by atomic mass is 35.5. The van der Waals surface area contributed by atoms with Gasteiger partial charge in [0.25, 0.3) is 11.8 Å². The molecular weight excluding hydrogens is 377 g/mol. The number of carbonyl (C=O) groups is 2. The zero-order chi connectivity index (χ0) is 18.9. The first-order valence-corrected chi connectivity index (χ1v) is 8.65. The first-order chi connectivity index (χ1) is 12.5. The van der Waals surface area contributed by atoms with E-state index in [1.165, 1.54) is 0 Å². The summed E-state index contributed by atoms with van der Waals surface area (Å²) in [7, 11) is 0. The summed E-state index contributed by atoms with van der Waals surface area (Å²) in [6.07, 6.45) is 0. The fourth-order valence-electron chi connectivity index (χ4n) is 2.08. The topological polar surface area (TPSA) is 79.5 Å². The van der Waals surface area contributed by atoms with E-state index in [-0.39, 0.29) is 25.1 Å². The molecule has 2 amide bonds. The second-order valence-corrected chi connectivity index (χ2v) is 6.31. The zero-order valence-corrected chi connectivity index (χ0v) is 15.6. The van der Waals surface area contributed by atoms with E-state index in [0.717, 1.165) is 5.56 Å². The number of benzene rings is 2. The van der Waals surface area contributed by atoms with Gasteiger partial charge in [0.1, 0.15) is 5.75 Å². The largest absolute Gasteiger partial charge is 0.484 e. The van der Waals surface area contributed by atoms with Crippen molar-refractivity contribution in [1.29, 1.82) is 0 Å². The summed E-state index contributed by atoms with van der Waals surface area (Å²) >= 11 is 11.9. The second kappa shape index (κ2) is 10.0. The molecule has 0 aliphatic heterocycles. The first-order valence-electron chi connectivity index (χ1n) is 7.89. The number of carbonyl (C=O) groups excluding carboxylic acids is 2. The van der Waals surface area contributed by atoms with E-state index in [1.807, 2.05) is 25.1 Å². The Hall–Kier alpha value is -2.28. The summed E-state index contributed by atoms with van der Waals surface area (Å²) < 4.78 is 5.27. The number of hydrogen-bond acceptors (Lipinski definition) is 4. The minimum atomic E-state index is -0.479. The summed E-state index contributed by atoms with van der Waals surface area (Å²) in [5, 5.41) is 4.24. The molecule has 1 atom stereocenters. The van der Waals surface area contributed by atoms with Crippen LogP contribution in [0.5, 0.6) is 5.75 Å². The second-order valence-electron chi connectivity index (χ2n) is 5.46. The molecule has 0 aromatic heterocycles. The van der Waals surface area contributed by atoms with Crippen molar-refractivity contribution in [2.24, 2.45) is 0 Å². The number of amides is 2. The van der Waals surface area contributed by atoms with Crippen molar-refractivity contribution < 1.29 is 14.3 Å². The highest BCUT2D eigenvalue weighted by Crippen LogP contribution is 2.21. The van der Waals surface area contributed by atoms with Crippen molar-refractivity contribution in [1.82, 2.24) is 16.2 Å². The molecule has 0 bridgehead atoms. The third-order valence-corrected chi connectivity index (χ3v) is 4.06. The molecular formula is C18H19Cl2N3O3. The number of ether oxygens (including phenoxy) is 1. The van der Waals surface area contributed by atoms with Gasteiger partial charge in [-0.05, 0) is 42.8 Å². The summed E-state index contributed by atoms with van der Waals surface area (Å²) in [6, 6.07) is 13.9. The maximum atomic E-state index is 11.8. The minimum Gasteiger partial charge on any atom is -0.484 e. The van der Waals surface area contributed by atoms with Crippen molar-refractivity contribution in [2.45, 2.75) is 13.0 Å². The Balaban J connectivity index is 1.67. The number of nitrogens with one attached hydrogen (secondary N) is 3. The molecule has 138 valence electrons. The highest BCUT2D eigenvalue weighted by molar-refractivity contribution is 6.31. The van der Waals surface area contributed by atoms with E-state index in [0.29, 0.717) is 15.8 Å². The lowest BCUT2D eigenvalue weighted by molar-refractivity contribution is -0.129. The average Bonchev–Trinajstić information content (AvgIpc) is 2.64. The molecule has 2 aromatic carbocycles. The molecule has 2 rings (SSSR count). The maximum absolute atomic E-state index is 11.8. The van der Waals surface area contributed by atoms with Crippen molar-refractivity contribution >= 4 is 35.0 Å². The lowest BCUT2D eigenvalue weighted by Gasteiger charge is -2.15. The Labute approximate surface area is 161 Å². The quantitative estimate of drug-likeness (QED) is 0.629. The number of hydrogen-bond donors (Lipinski definition) is 3. The molecule has 0 fully saturated rings. The average molecular weight is 396 g/mol. The molecule has 0 saturated heterocycles. The minimum absolute atomic E-state index is 0.0186. The third-order valence-electron chi connectivity index (χ3n) is 3.47. The van der Waals surface area contributed by atoms with Gasteiger partial charge in [0.05, 0.1) is 6.54 Å². The number of rotatable bonds is 7. The standard InChI is InChI=1S/C18H19Cl2N3O3/c1-12(15-4-2-3-5-16(15)20)21-10-17(24)22-23-18(25)11-26-14-8-6-13(19)7-9-14/h2-9,12,21H,10-11H2,1H3,(H,22,24)(H,23,25)/t12-/m0/s1. The van der Waals surface area contributed by atoms with Crippen LogP contribution in [0.3, 0.4) is 0 Å². The molecule has 0 radical (unpaired) electrons. The van der Waals surface area contributed by atoms with Gasteiger partial charge in [-0.2, -0.15) is 0 Å². The van der Waals surface area contributed by atoms with Crippen LogP contribution in [0.25, 0.3) is 0 Å². The van der Waals surface area contributed by atoms with Gasteiger partial charge in [0.15, 0.2) is 6.61 Å². The molecule has 8 heteroatoms. The van der Waals surface area contributed by atoms with Gasteiger partial charge in [-0.1, -0.05) is 41.4 Å². The van der Waals surface area contributed by atoms with Gasteiger partial charge >= 0.3 is 0 Å². The maximum Gasteiger partial charge on any atom is 0.276 e. The summed E-state index contributed by atoms with van der Waals surface area (Å²) in [5.41, 5.74) is 5.49. The monoisotopic (exact) mass is 395 g/mol. The predicted octanol–water partition coefficient (Wildman–Crippen LogP) is 2.87. The molecule has 0 aliphatic rings. The molecule has 0 saturated carbocycles. The summed E-state index contributed by atoms with van der Waals surface area (Å²) in [6.45, 7) is 1.68. The lowest BCUT2D eigenvalue weighted by Crippen LogP contribution is -2.47. The fourth-order valence-corrected chi connectivity index (χ4v) is 2.51. The molecule has 0 spiro atoms. The fraction of sp³-hybridized carbons (Fsp3) is 0.222. The molecule has 0 heterocycles. The van der Waals surface area contributed by atoms with Gasteiger partial charge in [0.2, 0.25) is 0 Å². The SMILES string of the molecule is C[C@H](NCC(=O)NNC(=O)COc1ccc(Cl)cc1)c1ccccc1Cl. The van der Waals surface area contributed by atoms with E-state index in [2.05, 4.69) is 16.2 Å². The van der Waals surface area contributed by atoms with Gasteiger partial charge in [-0.3, -0.25) is 20.4 Å². The van der Waals surface area contributed by atoms with Crippen LogP contribution in [-0.2, 0) is 9.59 Å². The highest BCUT2D eigenvalue weighted by Gasteiger charge is 2.11. The van der Waals surface area contributed by atoms with Gasteiger partial charge in [-0.15, -0.1) is 0 Å². The van der Waals surface area contributed by atoms with Gasteiger partial charge < -0.3 is 10.1 Å². The zero-order valence-electron chi connectivity index (χ0n) is 14.1. The normalized spacial score (nSPS) is 11.5. The van der Waals surface area contributed by atoms with Crippen LogP contribution in [0.4, 0.5) is 0 Å². The van der Waals surface area contributed by atoms with Crippen LogP contribution in [-0.4, -0.2) is 25.0 Å². The summed E-state index contributed by atoms with van der Waals surface area (Å²) in [5.74, 6) is -0.359. The van der Waals surface area contributed by atoms with Gasteiger partial charge in [0, 0.05) is 16.1 Å². The Morgan fingerprint density at radius 1 is 1.00 bits per heavy atom. The molecule has 6 nitrogen and oxygen atoms in total. The molecule has 0 unspecified atom stereocenters. The van der Waals surface area contributed by atoms with Crippen LogP contribution in [0.2, 0.25) is 10.0 Å². The Kier molecular flexibility index (Phi) is 7.72. The predicted molar refractivity (Wildman–Crippen MR) is 101 cm³/mol. The molecule has 3 N–H and O–H groups in total. The van der Waals surface area contributed by atoms with Crippen LogP contribution in [0.1, 0.15) is 18.5 Å². The molecule has 26 heavy (non-hydrogen) atoms. The third kappa shape index (κ3) is 6.55. The first kappa shape index (κ1) is 20.0. The number of halogens is 2. The Morgan fingerprint density at radius 2 is 1.65 bits per heavy atom. The van der Waals surface area contributed by atoms with E-state index in [1.54, 1.807) is 30.3 Å². The van der Waals surface area contributed by atoms with E-state index >= 15 is 0 Å². The van der Waals surface area contributed by atoms with Crippen molar-refractivity contribution in [3.05, 3.63) is 64.1 Å². The van der Waals surface area contributed by atoms with Crippen molar-refractivity contribution in [3.8, 4) is 5.75 Å². The lowest BCUT2D eigenvalue weighted by atomic mass is 10.1. The van der Waals surface area contributed by atoms with Crippen molar-refractivity contribution in [2.75, 3.05) is 13.2 Å². The van der Waals surface area contributed by atoms with Crippen LogP contribution < -0.4 is 20.9 Å². The van der Waals surface area contributed by atoms with E-state index in [4.69, 9.17) is 27.9 Å². The Bertz CT molecular complexity index is 754. The number of hydrazine groups is 1. The van der Waals surface area contributed by atoms with E-state index < -0.39 is 5.91 Å².